The number of aliphatic carboxylic acids is 1. The van der Waals surface area contributed by atoms with Gasteiger partial charge in [0.2, 0.25) is 0 Å². The fourth-order valence-electron chi connectivity index (χ4n) is 2.37. The number of ether oxygens (including phenoxy) is 2. The summed E-state index contributed by atoms with van der Waals surface area (Å²) >= 11 is 0. The van der Waals surface area contributed by atoms with E-state index >= 15 is 0 Å². The van der Waals surface area contributed by atoms with Gasteiger partial charge in [-0.2, -0.15) is 0 Å². The largest absolute Gasteiger partial charge is 0.481 e. The Morgan fingerprint density at radius 2 is 2.05 bits per heavy atom. The molecule has 1 saturated heterocycles. The second-order valence-corrected chi connectivity index (χ2v) is 4.92. The average molecular weight is 293 g/mol. The zero-order valence-electron chi connectivity index (χ0n) is 11.9. The summed E-state index contributed by atoms with van der Waals surface area (Å²) in [7, 11) is 0. The van der Waals surface area contributed by atoms with Gasteiger partial charge in [0.25, 0.3) is 0 Å². The molecular formula is C15H19NO5. The van der Waals surface area contributed by atoms with Crippen LogP contribution in [0.2, 0.25) is 0 Å². The molecule has 2 unspecified atom stereocenters. The molecule has 21 heavy (non-hydrogen) atoms. The lowest BCUT2D eigenvalue weighted by atomic mass is 10.0. The molecule has 1 N–H and O–H groups in total. The molecule has 0 bridgehead atoms. The molecule has 2 atom stereocenters. The van der Waals surface area contributed by atoms with E-state index < -0.39 is 24.0 Å². The van der Waals surface area contributed by atoms with E-state index in [4.69, 9.17) is 9.47 Å². The molecule has 1 aromatic rings. The SMILES string of the molecule is CCCN(C(=O)Oc1ccccc1)C1COCC1C(=O)O. The Bertz CT molecular complexity index is 490. The summed E-state index contributed by atoms with van der Waals surface area (Å²) in [6.45, 7) is 2.71. The molecule has 114 valence electrons. The van der Waals surface area contributed by atoms with Crippen molar-refractivity contribution in [2.75, 3.05) is 19.8 Å². The van der Waals surface area contributed by atoms with Crippen molar-refractivity contribution >= 4 is 12.1 Å². The van der Waals surface area contributed by atoms with Crippen LogP contribution in [0, 0.1) is 5.92 Å². The molecule has 1 amide bonds. The van der Waals surface area contributed by atoms with Crippen LogP contribution in [-0.2, 0) is 9.53 Å². The van der Waals surface area contributed by atoms with Crippen molar-refractivity contribution < 1.29 is 24.2 Å². The van der Waals surface area contributed by atoms with Gasteiger partial charge in [0.05, 0.1) is 19.3 Å². The van der Waals surface area contributed by atoms with Gasteiger partial charge in [-0.25, -0.2) is 4.79 Å². The van der Waals surface area contributed by atoms with Crippen molar-refractivity contribution in [2.24, 2.45) is 5.92 Å². The Morgan fingerprint density at radius 3 is 2.67 bits per heavy atom. The predicted molar refractivity (Wildman–Crippen MR) is 75.2 cm³/mol. The maximum atomic E-state index is 12.3. The Kier molecular flexibility index (Phi) is 5.16. The number of benzene rings is 1. The van der Waals surface area contributed by atoms with Crippen molar-refractivity contribution in [3.05, 3.63) is 30.3 Å². The topological polar surface area (TPSA) is 76.1 Å². The van der Waals surface area contributed by atoms with Crippen LogP contribution in [0.25, 0.3) is 0 Å². The standard InChI is InChI=1S/C15H19NO5/c1-2-8-16(13-10-20-9-12(13)14(17)18)15(19)21-11-6-4-3-5-7-11/h3-7,12-13H,2,8-10H2,1H3,(H,17,18). The number of carbonyl (C=O) groups is 2. The van der Waals surface area contributed by atoms with Crippen LogP contribution in [0.5, 0.6) is 5.75 Å². The highest BCUT2D eigenvalue weighted by Crippen LogP contribution is 2.22. The number of carboxylic acid groups (broad SMARTS) is 1. The van der Waals surface area contributed by atoms with E-state index in [1.54, 1.807) is 24.3 Å². The summed E-state index contributed by atoms with van der Waals surface area (Å²) in [5.74, 6) is -1.22. The Labute approximate surface area is 123 Å². The second-order valence-electron chi connectivity index (χ2n) is 4.92. The van der Waals surface area contributed by atoms with Crippen LogP contribution >= 0.6 is 0 Å². The third-order valence-electron chi connectivity index (χ3n) is 3.42. The smallest absolute Gasteiger partial charge is 0.415 e. The van der Waals surface area contributed by atoms with Crippen LogP contribution in [-0.4, -0.2) is 47.9 Å². The summed E-state index contributed by atoms with van der Waals surface area (Å²) < 4.78 is 10.5. The molecule has 1 fully saturated rings. The fraction of sp³-hybridized carbons (Fsp3) is 0.467. The first kappa shape index (κ1) is 15.3. The highest BCUT2D eigenvalue weighted by atomic mass is 16.6. The number of nitrogens with zero attached hydrogens (tertiary/aromatic N) is 1. The molecule has 6 heteroatoms. The van der Waals surface area contributed by atoms with E-state index in [9.17, 15) is 14.7 Å². The van der Waals surface area contributed by atoms with E-state index in [-0.39, 0.29) is 13.2 Å². The van der Waals surface area contributed by atoms with Gasteiger partial charge in [0.15, 0.2) is 0 Å². The lowest BCUT2D eigenvalue weighted by Gasteiger charge is -2.29. The molecule has 0 radical (unpaired) electrons. The van der Waals surface area contributed by atoms with Crippen LogP contribution in [0.3, 0.4) is 0 Å². The van der Waals surface area contributed by atoms with E-state index in [0.717, 1.165) is 0 Å². The molecule has 1 aliphatic heterocycles. The molecule has 1 aromatic carbocycles. The quantitative estimate of drug-likeness (QED) is 0.898. The van der Waals surface area contributed by atoms with Crippen LogP contribution in [0.4, 0.5) is 4.79 Å². The minimum atomic E-state index is -0.953. The van der Waals surface area contributed by atoms with Crippen molar-refractivity contribution in [3.8, 4) is 5.75 Å². The molecule has 0 aliphatic carbocycles. The van der Waals surface area contributed by atoms with Gasteiger partial charge >= 0.3 is 12.1 Å². The minimum absolute atomic E-state index is 0.124. The first-order valence-corrected chi connectivity index (χ1v) is 6.97. The Balaban J connectivity index is 2.10. The fourth-order valence-corrected chi connectivity index (χ4v) is 2.37. The first-order chi connectivity index (χ1) is 10.1. The molecule has 0 saturated carbocycles. The number of carbonyl (C=O) groups excluding carboxylic acids is 1. The number of para-hydroxylation sites is 1. The lowest BCUT2D eigenvalue weighted by Crippen LogP contribution is -2.48. The van der Waals surface area contributed by atoms with Crippen molar-refractivity contribution in [1.29, 1.82) is 0 Å². The summed E-state index contributed by atoms with van der Waals surface area (Å²) in [6, 6.07) is 8.24. The number of amides is 1. The third kappa shape index (κ3) is 3.72. The summed E-state index contributed by atoms with van der Waals surface area (Å²) in [6.07, 6.45) is 0.178. The highest BCUT2D eigenvalue weighted by molar-refractivity contribution is 5.75. The zero-order chi connectivity index (χ0) is 15.2. The minimum Gasteiger partial charge on any atom is -0.481 e. The van der Waals surface area contributed by atoms with E-state index in [1.807, 2.05) is 13.0 Å². The summed E-state index contributed by atoms with van der Waals surface area (Å²) in [5, 5.41) is 9.21. The van der Waals surface area contributed by atoms with Crippen LogP contribution in [0.15, 0.2) is 30.3 Å². The third-order valence-corrected chi connectivity index (χ3v) is 3.42. The normalized spacial score (nSPS) is 21.0. The molecule has 2 rings (SSSR count). The maximum absolute atomic E-state index is 12.3. The number of rotatable bonds is 5. The van der Waals surface area contributed by atoms with Gasteiger partial charge in [-0.3, -0.25) is 4.79 Å². The van der Waals surface area contributed by atoms with Gasteiger partial charge in [0, 0.05) is 6.54 Å². The van der Waals surface area contributed by atoms with E-state index in [1.165, 1.54) is 4.90 Å². The Morgan fingerprint density at radius 1 is 1.33 bits per heavy atom. The molecule has 1 heterocycles. The second kappa shape index (κ2) is 7.08. The monoisotopic (exact) mass is 293 g/mol. The van der Waals surface area contributed by atoms with Crippen LogP contribution < -0.4 is 4.74 Å². The van der Waals surface area contributed by atoms with E-state index in [2.05, 4.69) is 0 Å². The van der Waals surface area contributed by atoms with Gasteiger partial charge in [-0.05, 0) is 18.6 Å². The summed E-state index contributed by atoms with van der Waals surface area (Å²) in [5.41, 5.74) is 0. The van der Waals surface area contributed by atoms with E-state index in [0.29, 0.717) is 18.7 Å². The van der Waals surface area contributed by atoms with Crippen molar-refractivity contribution in [3.63, 3.8) is 0 Å². The predicted octanol–water partition coefficient (Wildman–Crippen LogP) is 2.00. The summed E-state index contributed by atoms with van der Waals surface area (Å²) in [4.78, 5) is 25.0. The first-order valence-electron chi connectivity index (χ1n) is 6.97. The number of hydrogen-bond acceptors (Lipinski definition) is 4. The van der Waals surface area contributed by atoms with Gasteiger partial charge < -0.3 is 19.5 Å². The highest BCUT2D eigenvalue weighted by Gasteiger charge is 2.40. The molecule has 1 aliphatic rings. The van der Waals surface area contributed by atoms with Crippen LogP contribution in [0.1, 0.15) is 13.3 Å². The number of hydrogen-bond donors (Lipinski definition) is 1. The zero-order valence-corrected chi connectivity index (χ0v) is 11.9. The van der Waals surface area contributed by atoms with Gasteiger partial charge in [-0.15, -0.1) is 0 Å². The molecular weight excluding hydrogens is 274 g/mol. The molecule has 6 nitrogen and oxygen atoms in total. The Hall–Kier alpha value is -2.08. The lowest BCUT2D eigenvalue weighted by molar-refractivity contribution is -0.142. The van der Waals surface area contributed by atoms with Gasteiger partial charge in [-0.1, -0.05) is 25.1 Å². The van der Waals surface area contributed by atoms with Gasteiger partial charge in [0.1, 0.15) is 11.7 Å². The van der Waals surface area contributed by atoms with Crippen molar-refractivity contribution in [1.82, 2.24) is 4.90 Å². The average Bonchev–Trinajstić information content (AvgIpc) is 2.95. The molecule has 0 spiro atoms. The number of carboxylic acids is 1. The maximum Gasteiger partial charge on any atom is 0.415 e. The molecule has 0 aromatic heterocycles. The van der Waals surface area contributed by atoms with Crippen molar-refractivity contribution in [2.45, 2.75) is 19.4 Å².